The van der Waals surface area contributed by atoms with Crippen molar-refractivity contribution in [3.8, 4) is 0 Å². The SMILES string of the molecule is CCC1COCCN1Cc1cc(C(=O)NN)co1. The first-order valence-corrected chi connectivity index (χ1v) is 6.14. The molecule has 18 heavy (non-hydrogen) atoms. The molecule has 1 atom stereocenters. The van der Waals surface area contributed by atoms with Crippen molar-refractivity contribution in [2.75, 3.05) is 19.8 Å². The highest BCUT2D eigenvalue weighted by atomic mass is 16.5. The van der Waals surface area contributed by atoms with Crippen LogP contribution in [0.5, 0.6) is 0 Å². The van der Waals surface area contributed by atoms with Crippen molar-refractivity contribution in [3.05, 3.63) is 23.7 Å². The van der Waals surface area contributed by atoms with Crippen LogP contribution in [0, 0.1) is 0 Å². The highest BCUT2D eigenvalue weighted by Crippen LogP contribution is 2.16. The first-order chi connectivity index (χ1) is 8.74. The molecule has 1 amide bonds. The van der Waals surface area contributed by atoms with E-state index in [0.717, 1.165) is 31.9 Å². The number of amides is 1. The zero-order valence-electron chi connectivity index (χ0n) is 10.5. The molecule has 100 valence electrons. The minimum Gasteiger partial charge on any atom is -0.467 e. The Bertz CT molecular complexity index is 405. The monoisotopic (exact) mass is 253 g/mol. The van der Waals surface area contributed by atoms with Gasteiger partial charge >= 0.3 is 0 Å². The molecule has 1 saturated heterocycles. The summed E-state index contributed by atoms with van der Waals surface area (Å²) in [5.74, 6) is 5.51. The number of ether oxygens (including phenoxy) is 1. The van der Waals surface area contributed by atoms with E-state index in [9.17, 15) is 4.79 Å². The minimum atomic E-state index is -0.334. The lowest BCUT2D eigenvalue weighted by molar-refractivity contribution is -0.0153. The maximum absolute atomic E-state index is 11.3. The van der Waals surface area contributed by atoms with E-state index in [2.05, 4.69) is 17.2 Å². The predicted octanol–water partition coefficient (Wildman–Crippen LogP) is 0.494. The number of nitrogen functional groups attached to an aromatic ring is 1. The summed E-state index contributed by atoms with van der Waals surface area (Å²) in [6.07, 6.45) is 2.47. The van der Waals surface area contributed by atoms with Crippen LogP contribution in [0.3, 0.4) is 0 Å². The summed E-state index contributed by atoms with van der Waals surface area (Å²) in [6.45, 7) is 5.22. The van der Waals surface area contributed by atoms with E-state index in [1.807, 2.05) is 0 Å². The van der Waals surface area contributed by atoms with Gasteiger partial charge in [-0.3, -0.25) is 15.1 Å². The third-order valence-corrected chi connectivity index (χ3v) is 3.23. The molecule has 0 spiro atoms. The van der Waals surface area contributed by atoms with Crippen LogP contribution in [-0.4, -0.2) is 36.6 Å². The van der Waals surface area contributed by atoms with Gasteiger partial charge in [0.1, 0.15) is 12.0 Å². The van der Waals surface area contributed by atoms with E-state index in [4.69, 9.17) is 15.0 Å². The van der Waals surface area contributed by atoms with Crippen LogP contribution in [0.4, 0.5) is 0 Å². The van der Waals surface area contributed by atoms with Gasteiger partial charge in [-0.15, -0.1) is 0 Å². The number of hydrogen-bond acceptors (Lipinski definition) is 5. The van der Waals surface area contributed by atoms with Crippen LogP contribution in [-0.2, 0) is 11.3 Å². The Hall–Kier alpha value is -1.37. The molecule has 1 aromatic heterocycles. The Morgan fingerprint density at radius 1 is 1.67 bits per heavy atom. The average molecular weight is 253 g/mol. The van der Waals surface area contributed by atoms with E-state index in [1.54, 1.807) is 6.07 Å². The van der Waals surface area contributed by atoms with Gasteiger partial charge < -0.3 is 9.15 Å². The van der Waals surface area contributed by atoms with Gasteiger partial charge in [-0.1, -0.05) is 6.92 Å². The molecule has 3 N–H and O–H groups in total. The van der Waals surface area contributed by atoms with Crippen LogP contribution in [0.2, 0.25) is 0 Å². The number of nitrogens with one attached hydrogen (secondary N) is 1. The Kier molecular flexibility index (Phi) is 4.35. The highest BCUT2D eigenvalue weighted by molar-refractivity contribution is 5.93. The van der Waals surface area contributed by atoms with Crippen molar-refractivity contribution in [3.63, 3.8) is 0 Å². The predicted molar refractivity (Wildman–Crippen MR) is 65.7 cm³/mol. The summed E-state index contributed by atoms with van der Waals surface area (Å²) < 4.78 is 10.8. The Morgan fingerprint density at radius 3 is 3.22 bits per heavy atom. The van der Waals surface area contributed by atoms with Crippen molar-refractivity contribution >= 4 is 5.91 Å². The largest absolute Gasteiger partial charge is 0.467 e. The molecule has 6 nitrogen and oxygen atoms in total. The molecule has 0 bridgehead atoms. The molecule has 1 unspecified atom stereocenters. The Morgan fingerprint density at radius 2 is 2.50 bits per heavy atom. The molecule has 1 aliphatic rings. The quantitative estimate of drug-likeness (QED) is 0.464. The third-order valence-electron chi connectivity index (χ3n) is 3.23. The summed E-state index contributed by atoms with van der Waals surface area (Å²) >= 11 is 0. The molecule has 0 aromatic carbocycles. The Balaban J connectivity index is 1.99. The zero-order chi connectivity index (χ0) is 13.0. The summed E-state index contributed by atoms with van der Waals surface area (Å²) in [5, 5.41) is 0. The summed E-state index contributed by atoms with van der Waals surface area (Å²) in [5.41, 5.74) is 2.54. The van der Waals surface area contributed by atoms with Gasteiger partial charge in [0.2, 0.25) is 0 Å². The first kappa shape index (κ1) is 13.1. The minimum absolute atomic E-state index is 0.334. The van der Waals surface area contributed by atoms with Gasteiger partial charge in [0.25, 0.3) is 5.91 Å². The van der Waals surface area contributed by atoms with Gasteiger partial charge in [-0.05, 0) is 12.5 Å². The van der Waals surface area contributed by atoms with Crippen molar-refractivity contribution < 1.29 is 13.9 Å². The fraction of sp³-hybridized carbons (Fsp3) is 0.583. The lowest BCUT2D eigenvalue weighted by Gasteiger charge is -2.34. The summed E-state index contributed by atoms with van der Waals surface area (Å²) in [4.78, 5) is 13.6. The molecule has 2 heterocycles. The molecule has 1 aromatic rings. The van der Waals surface area contributed by atoms with Gasteiger partial charge in [0.05, 0.1) is 25.3 Å². The van der Waals surface area contributed by atoms with Gasteiger partial charge in [0, 0.05) is 12.6 Å². The number of rotatable bonds is 4. The molecular weight excluding hydrogens is 234 g/mol. The smallest absolute Gasteiger partial charge is 0.268 e. The zero-order valence-corrected chi connectivity index (χ0v) is 10.5. The highest BCUT2D eigenvalue weighted by Gasteiger charge is 2.22. The fourth-order valence-electron chi connectivity index (χ4n) is 2.14. The lowest BCUT2D eigenvalue weighted by Crippen LogP contribution is -2.44. The molecular formula is C12H19N3O3. The number of nitrogens with zero attached hydrogens (tertiary/aromatic N) is 1. The molecule has 6 heteroatoms. The molecule has 0 radical (unpaired) electrons. The molecule has 0 aliphatic carbocycles. The lowest BCUT2D eigenvalue weighted by atomic mass is 10.1. The van der Waals surface area contributed by atoms with Crippen LogP contribution in [0.25, 0.3) is 0 Å². The summed E-state index contributed by atoms with van der Waals surface area (Å²) in [7, 11) is 0. The molecule has 1 fully saturated rings. The normalized spacial score (nSPS) is 20.9. The molecule has 1 aliphatic heterocycles. The van der Waals surface area contributed by atoms with Gasteiger partial charge in [-0.25, -0.2) is 5.84 Å². The number of hydrazine groups is 1. The standard InChI is InChI=1S/C12H19N3O3/c1-2-10-8-17-4-3-15(10)6-11-5-9(7-18-11)12(16)14-13/h5,7,10H,2-4,6,8,13H2,1H3,(H,14,16). The van der Waals surface area contributed by atoms with Crippen LogP contribution in [0.15, 0.2) is 16.7 Å². The van der Waals surface area contributed by atoms with Crippen LogP contribution < -0.4 is 11.3 Å². The maximum atomic E-state index is 11.3. The molecule has 0 saturated carbocycles. The van der Waals surface area contributed by atoms with Crippen molar-refractivity contribution in [2.24, 2.45) is 5.84 Å². The second kappa shape index (κ2) is 5.99. The second-order valence-electron chi connectivity index (χ2n) is 4.38. The number of morpholine rings is 1. The number of furan rings is 1. The number of hydrogen-bond donors (Lipinski definition) is 2. The number of carbonyl (C=O) groups excluding carboxylic acids is 1. The number of carbonyl (C=O) groups is 1. The van der Waals surface area contributed by atoms with Crippen molar-refractivity contribution in [1.82, 2.24) is 10.3 Å². The third kappa shape index (κ3) is 2.90. The van der Waals surface area contributed by atoms with Crippen molar-refractivity contribution in [2.45, 2.75) is 25.9 Å². The average Bonchev–Trinajstić information content (AvgIpc) is 2.87. The van der Waals surface area contributed by atoms with E-state index in [0.29, 0.717) is 18.2 Å². The first-order valence-electron chi connectivity index (χ1n) is 6.14. The van der Waals surface area contributed by atoms with E-state index >= 15 is 0 Å². The fourth-order valence-corrected chi connectivity index (χ4v) is 2.14. The van der Waals surface area contributed by atoms with Gasteiger partial charge in [-0.2, -0.15) is 0 Å². The molecule has 2 rings (SSSR count). The van der Waals surface area contributed by atoms with Crippen LogP contribution in [0.1, 0.15) is 29.5 Å². The summed E-state index contributed by atoms with van der Waals surface area (Å²) in [6, 6.07) is 2.14. The van der Waals surface area contributed by atoms with E-state index in [-0.39, 0.29) is 5.91 Å². The number of nitrogens with two attached hydrogens (primary N) is 1. The van der Waals surface area contributed by atoms with Gasteiger partial charge in [0.15, 0.2) is 0 Å². The maximum Gasteiger partial charge on any atom is 0.268 e. The Labute approximate surface area is 106 Å². The van der Waals surface area contributed by atoms with Crippen molar-refractivity contribution in [1.29, 1.82) is 0 Å². The topological polar surface area (TPSA) is 80.7 Å². The van der Waals surface area contributed by atoms with E-state index in [1.165, 1.54) is 6.26 Å². The second-order valence-corrected chi connectivity index (χ2v) is 4.38. The van der Waals surface area contributed by atoms with E-state index < -0.39 is 0 Å². The van der Waals surface area contributed by atoms with Crippen LogP contribution >= 0.6 is 0 Å².